The second kappa shape index (κ2) is 8.84. The number of nitrogens with two attached hydrogens (primary N) is 1. The first-order valence-electron chi connectivity index (χ1n) is 8.08. The van der Waals surface area contributed by atoms with E-state index in [1.807, 2.05) is 4.57 Å². The number of fused-ring (bicyclic) bond motifs is 1. The zero-order valence-electron chi connectivity index (χ0n) is 13.6. The van der Waals surface area contributed by atoms with E-state index < -0.39 is 0 Å². The van der Waals surface area contributed by atoms with Gasteiger partial charge in [-0.05, 0) is 25.7 Å². The van der Waals surface area contributed by atoms with Crippen LogP contribution in [0.1, 0.15) is 45.3 Å². The maximum atomic E-state index is 6.02. The van der Waals surface area contributed by atoms with Crippen molar-refractivity contribution < 1.29 is 14.2 Å². The summed E-state index contributed by atoms with van der Waals surface area (Å²) in [5.74, 6) is 0.286. The molecule has 1 atom stereocenters. The summed E-state index contributed by atoms with van der Waals surface area (Å²) in [7, 11) is 1.57. The van der Waals surface area contributed by atoms with Crippen molar-refractivity contribution in [3.05, 3.63) is 0 Å². The van der Waals surface area contributed by atoms with Gasteiger partial charge in [-0.2, -0.15) is 15.0 Å². The number of ether oxygens (including phenoxy) is 3. The summed E-state index contributed by atoms with van der Waals surface area (Å²) in [5, 5.41) is 0. The molecule has 2 aromatic rings. The molecule has 2 aromatic heterocycles. The number of unbranched alkanes of at least 4 members (excludes halogenated alkanes) is 1. The Kier molecular flexibility index (Phi) is 7.09. The molecule has 2 N–H and O–H groups in total. The molecule has 0 amide bonds. The van der Waals surface area contributed by atoms with Crippen LogP contribution in [0, 0.1) is 0 Å². The van der Waals surface area contributed by atoms with Gasteiger partial charge < -0.3 is 19.9 Å². The SMILES string of the molecule is CCCCOc1nc(N)c2nc(OC)n(C3CCCCO3)c2n1.[NaH]. The molecule has 8 nitrogen and oxygen atoms in total. The molecule has 0 radical (unpaired) electrons. The van der Waals surface area contributed by atoms with Gasteiger partial charge in [-0.3, -0.25) is 4.57 Å². The zero-order valence-corrected chi connectivity index (χ0v) is 13.6. The Labute approximate surface area is 163 Å². The van der Waals surface area contributed by atoms with Crippen molar-refractivity contribution in [2.45, 2.75) is 45.3 Å². The van der Waals surface area contributed by atoms with Crippen LogP contribution in [0.25, 0.3) is 11.2 Å². The van der Waals surface area contributed by atoms with Gasteiger partial charge in [-0.15, -0.1) is 0 Å². The third-order valence-corrected chi connectivity index (χ3v) is 3.87. The van der Waals surface area contributed by atoms with Gasteiger partial charge in [-0.25, -0.2) is 0 Å². The monoisotopic (exact) mass is 345 g/mol. The van der Waals surface area contributed by atoms with Crippen molar-refractivity contribution >= 4 is 46.5 Å². The van der Waals surface area contributed by atoms with Crippen LogP contribution in [0.5, 0.6) is 12.0 Å². The van der Waals surface area contributed by atoms with Crippen LogP contribution in [0.2, 0.25) is 0 Å². The van der Waals surface area contributed by atoms with Crippen LogP contribution in [0.4, 0.5) is 5.82 Å². The molecule has 128 valence electrons. The molecular weight excluding hydrogens is 321 g/mol. The quantitative estimate of drug-likeness (QED) is 0.628. The van der Waals surface area contributed by atoms with E-state index in [0.29, 0.717) is 30.4 Å². The van der Waals surface area contributed by atoms with Crippen molar-refractivity contribution in [2.75, 3.05) is 26.1 Å². The van der Waals surface area contributed by atoms with E-state index in [2.05, 4.69) is 21.9 Å². The average molecular weight is 345 g/mol. The van der Waals surface area contributed by atoms with E-state index in [1.54, 1.807) is 7.11 Å². The number of anilines is 1. The third kappa shape index (κ3) is 3.93. The van der Waals surface area contributed by atoms with Crippen LogP contribution in [0.15, 0.2) is 0 Å². The van der Waals surface area contributed by atoms with Crippen LogP contribution in [-0.4, -0.2) is 69.4 Å². The van der Waals surface area contributed by atoms with Crippen molar-refractivity contribution in [1.29, 1.82) is 0 Å². The summed E-state index contributed by atoms with van der Waals surface area (Å²) in [5.41, 5.74) is 7.13. The normalized spacial score (nSPS) is 17.5. The van der Waals surface area contributed by atoms with Crippen LogP contribution >= 0.6 is 0 Å². The molecule has 24 heavy (non-hydrogen) atoms. The Morgan fingerprint density at radius 3 is 2.79 bits per heavy atom. The second-order valence-corrected chi connectivity index (χ2v) is 5.56. The molecule has 1 aliphatic rings. The summed E-state index contributed by atoms with van der Waals surface area (Å²) in [6.07, 6.45) is 4.87. The first-order chi connectivity index (χ1) is 11.2. The van der Waals surface area contributed by atoms with Gasteiger partial charge >= 0.3 is 41.6 Å². The third-order valence-electron chi connectivity index (χ3n) is 3.87. The number of nitrogen functional groups attached to an aromatic ring is 1. The minimum atomic E-state index is -0.151. The van der Waals surface area contributed by atoms with Crippen molar-refractivity contribution in [3.63, 3.8) is 0 Å². The molecule has 0 spiro atoms. The molecule has 3 heterocycles. The van der Waals surface area contributed by atoms with Gasteiger partial charge in [0.15, 0.2) is 17.0 Å². The first kappa shape index (κ1) is 19.2. The fraction of sp³-hybridized carbons (Fsp3) is 0.667. The average Bonchev–Trinajstić information content (AvgIpc) is 2.95. The molecule has 0 bridgehead atoms. The Morgan fingerprint density at radius 1 is 1.29 bits per heavy atom. The number of aromatic nitrogens is 4. The van der Waals surface area contributed by atoms with Gasteiger partial charge in [0.25, 0.3) is 0 Å². The number of hydrogen-bond donors (Lipinski definition) is 1. The van der Waals surface area contributed by atoms with Crippen molar-refractivity contribution in [1.82, 2.24) is 19.5 Å². The molecule has 1 unspecified atom stereocenters. The number of nitrogens with zero attached hydrogens (tertiary/aromatic N) is 4. The minimum absolute atomic E-state index is 0. The standard InChI is InChI=1S/C15H23N5O3.Na.H/c1-3-4-8-23-14-18-12(16)11-13(19-14)20(15(17-11)21-2)10-7-5-6-9-22-10;;/h10H,3-9H2,1-2H3,(H2,16,18,19);;. The maximum absolute atomic E-state index is 6.02. The predicted octanol–water partition coefficient (Wildman–Crippen LogP) is 1.65. The Morgan fingerprint density at radius 2 is 2.12 bits per heavy atom. The molecule has 0 saturated carbocycles. The van der Waals surface area contributed by atoms with Crippen LogP contribution in [0.3, 0.4) is 0 Å². The number of rotatable bonds is 6. The van der Waals surface area contributed by atoms with Gasteiger partial charge in [-0.1, -0.05) is 13.3 Å². The Balaban J connectivity index is 0.00000208. The van der Waals surface area contributed by atoms with Gasteiger partial charge in [0.2, 0.25) is 0 Å². The molecule has 1 aliphatic heterocycles. The van der Waals surface area contributed by atoms with E-state index >= 15 is 0 Å². The van der Waals surface area contributed by atoms with Gasteiger partial charge in [0.05, 0.1) is 13.7 Å². The predicted molar refractivity (Wildman–Crippen MR) is 92.7 cm³/mol. The summed E-state index contributed by atoms with van der Waals surface area (Å²) < 4.78 is 18.7. The molecule has 9 heteroatoms. The van der Waals surface area contributed by atoms with Crippen LogP contribution < -0.4 is 15.2 Å². The van der Waals surface area contributed by atoms with Gasteiger partial charge in [0, 0.05) is 6.61 Å². The van der Waals surface area contributed by atoms with E-state index in [9.17, 15) is 0 Å². The first-order valence-corrected chi connectivity index (χ1v) is 8.08. The van der Waals surface area contributed by atoms with E-state index in [1.165, 1.54) is 0 Å². The summed E-state index contributed by atoms with van der Waals surface area (Å²) in [4.78, 5) is 13.1. The molecule has 1 saturated heterocycles. The number of methoxy groups -OCH3 is 1. The summed E-state index contributed by atoms with van der Waals surface area (Å²) >= 11 is 0. The summed E-state index contributed by atoms with van der Waals surface area (Å²) in [6, 6.07) is 0.696. The zero-order chi connectivity index (χ0) is 16.2. The molecule has 0 aromatic carbocycles. The number of imidazole rings is 1. The van der Waals surface area contributed by atoms with Crippen LogP contribution in [-0.2, 0) is 4.74 Å². The topological polar surface area (TPSA) is 97.3 Å². The van der Waals surface area contributed by atoms with E-state index in [-0.39, 0.29) is 47.6 Å². The summed E-state index contributed by atoms with van der Waals surface area (Å²) in [6.45, 7) is 3.38. The molecule has 3 rings (SSSR count). The molecular formula is C15H24N5NaO3. The Bertz CT molecular complexity index is 673. The van der Waals surface area contributed by atoms with Crippen molar-refractivity contribution in [3.8, 4) is 12.0 Å². The molecule has 0 aliphatic carbocycles. The second-order valence-electron chi connectivity index (χ2n) is 5.56. The van der Waals surface area contributed by atoms with Crippen molar-refractivity contribution in [2.24, 2.45) is 0 Å². The fourth-order valence-corrected chi connectivity index (χ4v) is 2.66. The molecule has 1 fully saturated rings. The van der Waals surface area contributed by atoms with E-state index in [4.69, 9.17) is 19.9 Å². The number of hydrogen-bond acceptors (Lipinski definition) is 7. The Hall–Kier alpha value is -1.09. The van der Waals surface area contributed by atoms with Gasteiger partial charge in [0.1, 0.15) is 6.23 Å². The van der Waals surface area contributed by atoms with E-state index in [0.717, 1.165) is 32.1 Å². The fourth-order valence-electron chi connectivity index (χ4n) is 2.66.